The maximum atomic E-state index is 13.7. The van der Waals surface area contributed by atoms with Crippen LogP contribution in [0.15, 0.2) is 48.5 Å². The van der Waals surface area contributed by atoms with Crippen molar-refractivity contribution in [2.24, 2.45) is 0 Å². The number of aliphatic hydroxyl groups is 1. The number of halogens is 1. The lowest BCUT2D eigenvalue weighted by Crippen LogP contribution is -2.28. The van der Waals surface area contributed by atoms with Gasteiger partial charge >= 0.3 is 0 Å². The second-order valence-electron chi connectivity index (χ2n) is 8.19. The van der Waals surface area contributed by atoms with Crippen LogP contribution in [0.3, 0.4) is 0 Å². The molecule has 2 heterocycles. The maximum Gasteiger partial charge on any atom is 0.211 e. The topological polar surface area (TPSA) is 70.5 Å². The zero-order valence-corrected chi connectivity index (χ0v) is 18.6. The first-order chi connectivity index (χ1) is 14.7. The van der Waals surface area contributed by atoms with Gasteiger partial charge in [0.05, 0.1) is 18.6 Å². The number of hydrogen-bond donors (Lipinski definition) is 1. The lowest BCUT2D eigenvalue weighted by molar-refractivity contribution is 0.280. The predicted octanol–water partition coefficient (Wildman–Crippen LogP) is 4.45. The molecule has 0 saturated heterocycles. The van der Waals surface area contributed by atoms with Crippen LogP contribution in [0.4, 0.5) is 4.39 Å². The minimum atomic E-state index is -3.50. The first-order valence-corrected chi connectivity index (χ1v) is 12.0. The normalized spacial score (nSPS) is 14.3. The Balaban J connectivity index is 2.13. The second-order valence-corrected chi connectivity index (χ2v) is 10.2. The Bertz CT molecular complexity index is 1240. The van der Waals surface area contributed by atoms with Gasteiger partial charge < -0.3 is 5.11 Å². The molecule has 1 aliphatic rings. The summed E-state index contributed by atoms with van der Waals surface area (Å²) in [5, 5.41) is 10.3. The van der Waals surface area contributed by atoms with Crippen LogP contribution in [0, 0.1) is 5.82 Å². The lowest BCUT2D eigenvalue weighted by atomic mass is 9.88. The highest BCUT2D eigenvalue weighted by Crippen LogP contribution is 2.41. The number of rotatable bonds is 4. The van der Waals surface area contributed by atoms with Gasteiger partial charge in [0, 0.05) is 35.5 Å². The fourth-order valence-corrected chi connectivity index (χ4v) is 4.95. The van der Waals surface area contributed by atoms with Crippen molar-refractivity contribution in [2.75, 3.05) is 6.26 Å². The van der Waals surface area contributed by atoms with Crippen LogP contribution < -0.4 is 0 Å². The number of nitrogens with zero attached hydrogens (tertiary/aromatic N) is 2. The van der Waals surface area contributed by atoms with Crippen molar-refractivity contribution in [3.63, 3.8) is 0 Å². The van der Waals surface area contributed by atoms with Crippen LogP contribution in [0.25, 0.3) is 22.4 Å². The van der Waals surface area contributed by atoms with E-state index in [-0.39, 0.29) is 31.4 Å². The van der Waals surface area contributed by atoms with Crippen LogP contribution in [0.5, 0.6) is 0 Å². The van der Waals surface area contributed by atoms with Crippen LogP contribution in [0.1, 0.15) is 42.1 Å². The summed E-state index contributed by atoms with van der Waals surface area (Å²) in [6.07, 6.45) is 1.20. The smallest absolute Gasteiger partial charge is 0.211 e. The van der Waals surface area contributed by atoms with E-state index >= 15 is 0 Å². The molecule has 0 saturated carbocycles. The van der Waals surface area contributed by atoms with Crippen molar-refractivity contribution >= 4 is 10.0 Å². The Morgan fingerprint density at radius 1 is 1.10 bits per heavy atom. The summed E-state index contributed by atoms with van der Waals surface area (Å²) >= 11 is 0. The monoisotopic (exact) mass is 440 g/mol. The van der Waals surface area contributed by atoms with E-state index in [0.29, 0.717) is 11.3 Å². The Hall–Kier alpha value is -2.61. The minimum absolute atomic E-state index is 0.0353. The number of aliphatic hydroxyl groups excluding tert-OH is 1. The molecule has 0 aliphatic carbocycles. The highest BCUT2D eigenvalue weighted by molar-refractivity contribution is 7.88. The molecule has 162 valence electrons. The summed E-state index contributed by atoms with van der Waals surface area (Å²) < 4.78 is 40.3. The number of hydrogen-bond acceptors (Lipinski definition) is 4. The molecule has 3 aromatic rings. The highest BCUT2D eigenvalue weighted by Gasteiger charge is 2.30. The van der Waals surface area contributed by atoms with E-state index in [9.17, 15) is 17.9 Å². The Labute approximate surface area is 182 Å². The van der Waals surface area contributed by atoms with Gasteiger partial charge in [0.2, 0.25) is 10.0 Å². The number of aromatic nitrogens is 1. The zero-order valence-electron chi connectivity index (χ0n) is 17.8. The Morgan fingerprint density at radius 2 is 1.77 bits per heavy atom. The first-order valence-electron chi connectivity index (χ1n) is 10.2. The molecule has 4 rings (SSSR count). The molecule has 7 heteroatoms. The van der Waals surface area contributed by atoms with Gasteiger partial charge in [0.25, 0.3) is 0 Å². The van der Waals surface area contributed by atoms with Gasteiger partial charge in [-0.2, -0.15) is 4.31 Å². The van der Waals surface area contributed by atoms with E-state index in [0.717, 1.165) is 33.5 Å². The van der Waals surface area contributed by atoms with Gasteiger partial charge in [-0.1, -0.05) is 50.2 Å². The molecule has 1 aliphatic heterocycles. The molecule has 2 aromatic carbocycles. The molecule has 0 atom stereocenters. The van der Waals surface area contributed by atoms with Gasteiger partial charge in [-0.05, 0) is 34.7 Å². The first kappa shape index (κ1) is 21.6. The van der Waals surface area contributed by atoms with E-state index < -0.39 is 10.0 Å². The summed E-state index contributed by atoms with van der Waals surface area (Å²) in [4.78, 5) is 4.95. The average Bonchev–Trinajstić information content (AvgIpc) is 2.90. The molecular weight excluding hydrogens is 415 g/mol. The number of benzene rings is 2. The average molecular weight is 441 g/mol. The fraction of sp³-hybridized carbons (Fsp3) is 0.292. The van der Waals surface area contributed by atoms with E-state index in [1.165, 1.54) is 22.7 Å². The molecule has 0 amide bonds. The fourth-order valence-electron chi connectivity index (χ4n) is 4.21. The maximum absolute atomic E-state index is 13.7. The Kier molecular flexibility index (Phi) is 5.68. The third-order valence-corrected chi connectivity index (χ3v) is 6.89. The van der Waals surface area contributed by atoms with E-state index in [2.05, 4.69) is 0 Å². The van der Waals surface area contributed by atoms with Crippen molar-refractivity contribution in [2.45, 2.75) is 39.5 Å². The van der Waals surface area contributed by atoms with Crippen molar-refractivity contribution in [1.82, 2.24) is 9.29 Å². The summed E-state index contributed by atoms with van der Waals surface area (Å²) in [6.45, 7) is 4.12. The SMILES string of the molecule is CC(C)c1nc2c(c(-c3ccc(F)cc3)c1CO)CN(S(C)(=O)=O)Cc1ccccc1-2. The minimum Gasteiger partial charge on any atom is -0.392 e. The highest BCUT2D eigenvalue weighted by atomic mass is 32.2. The third-order valence-electron chi connectivity index (χ3n) is 5.69. The van der Waals surface area contributed by atoms with Crippen LogP contribution in [-0.2, 0) is 29.7 Å². The standard InChI is InChI=1S/C24H25FN2O3S/c1-15(2)23-21(14-28)22(16-8-10-18(25)11-9-16)20-13-27(31(3,29)30)12-17-6-4-5-7-19(17)24(20)26-23/h4-11,15,28H,12-14H2,1-3H3. The van der Waals surface area contributed by atoms with Crippen LogP contribution in [0.2, 0.25) is 0 Å². The molecule has 5 nitrogen and oxygen atoms in total. The molecule has 1 N–H and O–H groups in total. The predicted molar refractivity (Wildman–Crippen MR) is 119 cm³/mol. The number of sulfonamides is 1. The lowest BCUT2D eigenvalue weighted by Gasteiger charge is -2.24. The van der Waals surface area contributed by atoms with Gasteiger partial charge in [0.15, 0.2) is 0 Å². The van der Waals surface area contributed by atoms with E-state index in [4.69, 9.17) is 4.98 Å². The van der Waals surface area contributed by atoms with Gasteiger partial charge in [0.1, 0.15) is 5.82 Å². The quantitative estimate of drug-likeness (QED) is 0.651. The molecule has 1 aromatic heterocycles. The van der Waals surface area contributed by atoms with Gasteiger partial charge in [-0.3, -0.25) is 4.98 Å². The Morgan fingerprint density at radius 3 is 2.39 bits per heavy atom. The van der Waals surface area contributed by atoms with Gasteiger partial charge in [-0.15, -0.1) is 0 Å². The van der Waals surface area contributed by atoms with E-state index in [1.54, 1.807) is 12.1 Å². The van der Waals surface area contributed by atoms with E-state index in [1.807, 2.05) is 38.1 Å². The van der Waals surface area contributed by atoms with Crippen molar-refractivity contribution in [3.05, 3.63) is 76.7 Å². The third kappa shape index (κ3) is 4.01. The molecule has 0 unspecified atom stereocenters. The molecule has 0 radical (unpaired) electrons. The summed E-state index contributed by atoms with van der Waals surface area (Å²) in [6, 6.07) is 13.7. The summed E-state index contributed by atoms with van der Waals surface area (Å²) in [7, 11) is -3.50. The number of fused-ring (bicyclic) bond motifs is 3. The van der Waals surface area contributed by atoms with Crippen LogP contribution >= 0.6 is 0 Å². The largest absolute Gasteiger partial charge is 0.392 e. The molecule has 31 heavy (non-hydrogen) atoms. The van der Waals surface area contributed by atoms with Crippen molar-refractivity contribution in [3.8, 4) is 22.4 Å². The molecule has 0 fully saturated rings. The summed E-state index contributed by atoms with van der Waals surface area (Å²) in [5.41, 5.74) is 6.02. The second kappa shape index (κ2) is 8.15. The van der Waals surface area contributed by atoms with Crippen molar-refractivity contribution in [1.29, 1.82) is 0 Å². The molecule has 0 spiro atoms. The van der Waals surface area contributed by atoms with Gasteiger partial charge in [-0.25, -0.2) is 12.8 Å². The summed E-state index contributed by atoms with van der Waals surface area (Å²) in [5.74, 6) is -0.324. The zero-order chi connectivity index (χ0) is 22.3. The number of pyridine rings is 1. The van der Waals surface area contributed by atoms with Crippen molar-refractivity contribution < 1.29 is 17.9 Å². The molecule has 0 bridgehead atoms. The molecular formula is C24H25FN2O3S. The van der Waals surface area contributed by atoms with Crippen LogP contribution in [-0.4, -0.2) is 29.1 Å².